The molecule has 0 saturated carbocycles. The predicted octanol–water partition coefficient (Wildman–Crippen LogP) is 3.85. The Balaban J connectivity index is 1.69. The number of anilines is 1. The molecule has 1 N–H and O–H groups in total. The summed E-state index contributed by atoms with van der Waals surface area (Å²) in [5.41, 5.74) is 4.04. The van der Waals surface area contributed by atoms with Crippen LogP contribution < -0.4 is 5.32 Å². The largest absolute Gasteiger partial charge is 0.335 e. The average Bonchev–Trinajstić information content (AvgIpc) is 3.00. The molecule has 2 aromatic carbocycles. The fourth-order valence-electron chi connectivity index (χ4n) is 3.30. The zero-order chi connectivity index (χ0) is 18.0. The molecule has 130 valence electrons. The maximum atomic E-state index is 12.6. The summed E-state index contributed by atoms with van der Waals surface area (Å²) in [7, 11) is 0. The highest BCUT2D eigenvalue weighted by Gasteiger charge is 2.37. The fraction of sp³-hybridized carbons (Fsp3) is 0.333. The highest BCUT2D eigenvalue weighted by atomic mass is 16.2. The van der Waals surface area contributed by atoms with Crippen LogP contribution in [-0.4, -0.2) is 23.3 Å². The first-order valence-corrected chi connectivity index (χ1v) is 8.68. The van der Waals surface area contributed by atoms with Gasteiger partial charge in [0.25, 0.3) is 0 Å². The van der Waals surface area contributed by atoms with E-state index >= 15 is 0 Å². The number of benzene rings is 2. The number of hydrogen-bond donors (Lipinski definition) is 1. The predicted molar refractivity (Wildman–Crippen MR) is 99.2 cm³/mol. The molecule has 4 heteroatoms. The van der Waals surface area contributed by atoms with Crippen molar-refractivity contribution in [1.82, 2.24) is 4.90 Å². The van der Waals surface area contributed by atoms with Crippen molar-refractivity contribution >= 4 is 17.5 Å². The van der Waals surface area contributed by atoms with Gasteiger partial charge < -0.3 is 10.2 Å². The SMILES string of the molecule is Cc1ccc(C)c(NC(=O)[C@H]2CC(=O)N([C@@H](C)c3ccccc3)C2)c1. The van der Waals surface area contributed by atoms with Crippen molar-refractivity contribution < 1.29 is 9.59 Å². The molecule has 3 rings (SSSR count). The quantitative estimate of drug-likeness (QED) is 0.922. The van der Waals surface area contributed by atoms with Gasteiger partial charge >= 0.3 is 0 Å². The van der Waals surface area contributed by atoms with Gasteiger partial charge in [0.2, 0.25) is 11.8 Å². The van der Waals surface area contributed by atoms with Crippen molar-refractivity contribution in [1.29, 1.82) is 0 Å². The normalized spacial score (nSPS) is 18.3. The number of hydrogen-bond acceptors (Lipinski definition) is 2. The molecule has 4 nitrogen and oxygen atoms in total. The molecule has 2 aromatic rings. The molecule has 0 unspecified atom stereocenters. The van der Waals surface area contributed by atoms with Gasteiger partial charge in [-0.05, 0) is 43.5 Å². The third kappa shape index (κ3) is 3.73. The van der Waals surface area contributed by atoms with E-state index in [-0.39, 0.29) is 30.2 Å². The third-order valence-electron chi connectivity index (χ3n) is 4.93. The molecule has 1 saturated heterocycles. The third-order valence-corrected chi connectivity index (χ3v) is 4.93. The van der Waals surface area contributed by atoms with Crippen molar-refractivity contribution in [2.24, 2.45) is 5.92 Å². The topological polar surface area (TPSA) is 49.4 Å². The van der Waals surface area contributed by atoms with E-state index in [1.54, 1.807) is 0 Å². The van der Waals surface area contributed by atoms with Gasteiger partial charge in [0.15, 0.2) is 0 Å². The molecule has 1 heterocycles. The molecular weight excluding hydrogens is 312 g/mol. The van der Waals surface area contributed by atoms with Gasteiger partial charge in [-0.15, -0.1) is 0 Å². The molecule has 25 heavy (non-hydrogen) atoms. The molecule has 1 fully saturated rings. The molecule has 2 atom stereocenters. The van der Waals surface area contributed by atoms with Crippen LogP contribution in [0.25, 0.3) is 0 Å². The van der Waals surface area contributed by atoms with Crippen LogP contribution in [0.5, 0.6) is 0 Å². The highest BCUT2D eigenvalue weighted by Crippen LogP contribution is 2.29. The number of amides is 2. The summed E-state index contributed by atoms with van der Waals surface area (Å²) in [5.74, 6) is -0.346. The Labute approximate surface area is 148 Å². The first-order chi connectivity index (χ1) is 12.0. The molecule has 0 spiro atoms. The number of likely N-dealkylation sites (tertiary alicyclic amines) is 1. The number of nitrogens with one attached hydrogen (secondary N) is 1. The first kappa shape index (κ1) is 17.2. The maximum absolute atomic E-state index is 12.6. The van der Waals surface area contributed by atoms with Gasteiger partial charge in [0, 0.05) is 18.7 Å². The zero-order valence-electron chi connectivity index (χ0n) is 15.0. The minimum Gasteiger partial charge on any atom is -0.335 e. The zero-order valence-corrected chi connectivity index (χ0v) is 15.0. The summed E-state index contributed by atoms with van der Waals surface area (Å²) < 4.78 is 0. The van der Waals surface area contributed by atoms with Crippen molar-refractivity contribution in [3.05, 3.63) is 65.2 Å². The van der Waals surface area contributed by atoms with Crippen molar-refractivity contribution in [3.63, 3.8) is 0 Å². The summed E-state index contributed by atoms with van der Waals surface area (Å²) in [6, 6.07) is 15.9. The first-order valence-electron chi connectivity index (χ1n) is 8.68. The molecule has 0 aromatic heterocycles. The van der Waals surface area contributed by atoms with Gasteiger partial charge in [0.1, 0.15) is 0 Å². The lowest BCUT2D eigenvalue weighted by molar-refractivity contribution is -0.129. The van der Waals surface area contributed by atoms with Crippen LogP contribution in [0.2, 0.25) is 0 Å². The number of aryl methyl sites for hydroxylation is 2. The summed E-state index contributed by atoms with van der Waals surface area (Å²) in [4.78, 5) is 26.9. The van der Waals surface area contributed by atoms with Crippen LogP contribution >= 0.6 is 0 Å². The Kier molecular flexibility index (Phi) is 4.88. The minimum absolute atomic E-state index is 0.0211. The van der Waals surface area contributed by atoms with E-state index in [2.05, 4.69) is 5.32 Å². The van der Waals surface area contributed by atoms with Gasteiger partial charge in [-0.1, -0.05) is 42.5 Å². The van der Waals surface area contributed by atoms with E-state index in [9.17, 15) is 9.59 Å². The van der Waals surface area contributed by atoms with Gasteiger partial charge in [-0.2, -0.15) is 0 Å². The minimum atomic E-state index is -0.307. The van der Waals surface area contributed by atoms with E-state index in [1.807, 2.05) is 74.2 Å². The summed E-state index contributed by atoms with van der Waals surface area (Å²) in [5, 5.41) is 2.99. The molecular formula is C21H24N2O2. The van der Waals surface area contributed by atoms with Crippen LogP contribution in [0.15, 0.2) is 48.5 Å². The lowest BCUT2D eigenvalue weighted by Gasteiger charge is -2.25. The molecule has 0 aliphatic carbocycles. The van der Waals surface area contributed by atoms with Crippen LogP contribution in [0, 0.1) is 19.8 Å². The molecule has 1 aliphatic heterocycles. The average molecular weight is 336 g/mol. The highest BCUT2D eigenvalue weighted by molar-refractivity contribution is 5.97. The number of rotatable bonds is 4. The van der Waals surface area contributed by atoms with Crippen LogP contribution in [0.1, 0.15) is 36.1 Å². The summed E-state index contributed by atoms with van der Waals surface area (Å²) in [6.45, 7) is 6.44. The van der Waals surface area contributed by atoms with Crippen LogP contribution in [-0.2, 0) is 9.59 Å². The van der Waals surface area contributed by atoms with Gasteiger partial charge in [0.05, 0.1) is 12.0 Å². The smallest absolute Gasteiger partial charge is 0.229 e. The Morgan fingerprint density at radius 3 is 2.60 bits per heavy atom. The molecule has 0 radical (unpaired) electrons. The fourth-order valence-corrected chi connectivity index (χ4v) is 3.30. The Morgan fingerprint density at radius 2 is 1.88 bits per heavy atom. The summed E-state index contributed by atoms with van der Waals surface area (Å²) in [6.07, 6.45) is 0.272. The maximum Gasteiger partial charge on any atom is 0.229 e. The van der Waals surface area contributed by atoms with E-state index in [1.165, 1.54) is 0 Å². The summed E-state index contributed by atoms with van der Waals surface area (Å²) >= 11 is 0. The van der Waals surface area contributed by atoms with E-state index in [4.69, 9.17) is 0 Å². The molecule has 0 bridgehead atoms. The van der Waals surface area contributed by atoms with E-state index < -0.39 is 0 Å². The Morgan fingerprint density at radius 1 is 1.16 bits per heavy atom. The second-order valence-corrected chi connectivity index (χ2v) is 6.84. The van der Waals surface area contributed by atoms with Crippen molar-refractivity contribution in [3.8, 4) is 0 Å². The Bertz CT molecular complexity index is 786. The Hall–Kier alpha value is -2.62. The lowest BCUT2D eigenvalue weighted by atomic mass is 10.1. The van der Waals surface area contributed by atoms with Crippen LogP contribution in [0.4, 0.5) is 5.69 Å². The van der Waals surface area contributed by atoms with Crippen LogP contribution in [0.3, 0.4) is 0 Å². The van der Waals surface area contributed by atoms with Gasteiger partial charge in [-0.3, -0.25) is 9.59 Å². The van der Waals surface area contributed by atoms with Crippen molar-refractivity contribution in [2.45, 2.75) is 33.2 Å². The molecule has 2 amide bonds. The number of nitrogens with zero attached hydrogens (tertiary/aromatic N) is 1. The number of carbonyl (C=O) groups is 2. The standard InChI is InChI=1S/C21H24N2O2/c1-14-9-10-15(2)19(11-14)22-21(25)18-12-20(24)23(13-18)16(3)17-7-5-4-6-8-17/h4-11,16,18H,12-13H2,1-3H3,(H,22,25)/t16-,18-/m0/s1. The molecule has 1 aliphatic rings. The second-order valence-electron chi connectivity index (χ2n) is 6.84. The monoisotopic (exact) mass is 336 g/mol. The van der Waals surface area contributed by atoms with Gasteiger partial charge in [-0.25, -0.2) is 0 Å². The van der Waals surface area contributed by atoms with E-state index in [0.717, 1.165) is 22.4 Å². The number of carbonyl (C=O) groups excluding carboxylic acids is 2. The second kappa shape index (κ2) is 7.09. The van der Waals surface area contributed by atoms with E-state index in [0.29, 0.717) is 6.54 Å². The lowest BCUT2D eigenvalue weighted by Crippen LogP contribution is -2.30. The van der Waals surface area contributed by atoms with Crippen molar-refractivity contribution in [2.75, 3.05) is 11.9 Å².